The second kappa shape index (κ2) is 23.8. The first-order valence-electron chi connectivity index (χ1n) is 21.8. The number of hydrogen-bond acceptors (Lipinski definition) is 9. The third-order valence-electron chi connectivity index (χ3n) is 10.6. The number of ether oxygens (including phenoxy) is 2. The van der Waals surface area contributed by atoms with Crippen molar-refractivity contribution in [1.29, 1.82) is 0 Å². The summed E-state index contributed by atoms with van der Waals surface area (Å²) in [7, 11) is -3.19. The largest absolute Gasteiger partial charge is 0.464 e. The minimum Gasteiger partial charge on any atom is -0.464 e. The van der Waals surface area contributed by atoms with E-state index in [0.29, 0.717) is 29.9 Å². The number of aliphatic hydroxyl groups excluding tert-OH is 1. The van der Waals surface area contributed by atoms with Crippen LogP contribution in [0.5, 0.6) is 0 Å². The standard InChI is InChI=1S/C46H70F2N6O8Si2/c1-46(2,3)42(39-27-33(35-28-34(47)15-16-36(35)48)30-52(39)29-32-13-11-10-12-14-32)54(41(57)31-55)21-19-37(49)43(58)51-20-22-53(45(60)62-24-26-64(7,8)9)38(17-18-40(50)56)44(59)61-23-25-63(4,5)6/h10-16,27-28,30,37-38,42,55H,17-26,29,31,49H2,1-9H3,(H2,50,56)(H,51,58). The van der Waals surface area contributed by atoms with Crippen LogP contribution < -0.4 is 16.8 Å². The SMILES string of the molecule is CC(C)(C)C(c1cc(-c2cc(F)ccc2F)cn1Cc1ccccc1)N(CCC(N)C(=O)NCCN(C(=O)OCC[Si](C)(C)C)C(CCC(N)=O)C(=O)OCC[Si](C)(C)C)C(=O)CO. The van der Waals surface area contributed by atoms with Crippen molar-refractivity contribution < 1.29 is 47.3 Å². The monoisotopic (exact) mass is 928 g/mol. The maximum atomic E-state index is 15.2. The molecule has 2 aromatic carbocycles. The number of hydrogen-bond donors (Lipinski definition) is 4. The van der Waals surface area contributed by atoms with Crippen molar-refractivity contribution in [2.75, 3.05) is 39.5 Å². The van der Waals surface area contributed by atoms with E-state index in [4.69, 9.17) is 20.9 Å². The van der Waals surface area contributed by atoms with Gasteiger partial charge in [-0.05, 0) is 60.2 Å². The summed E-state index contributed by atoms with van der Waals surface area (Å²) in [6, 6.07) is 12.6. The molecule has 3 unspecified atom stereocenters. The number of aliphatic hydroxyl groups is 1. The van der Waals surface area contributed by atoms with Crippen LogP contribution in [0.25, 0.3) is 11.1 Å². The number of benzene rings is 2. The van der Waals surface area contributed by atoms with Crippen LogP contribution in [-0.4, -0.2) is 117 Å². The molecule has 0 radical (unpaired) electrons. The molecule has 1 heterocycles. The van der Waals surface area contributed by atoms with Gasteiger partial charge in [-0.2, -0.15) is 0 Å². The Balaban J connectivity index is 1.88. The average Bonchev–Trinajstić information content (AvgIpc) is 3.59. The van der Waals surface area contributed by atoms with Gasteiger partial charge >= 0.3 is 12.1 Å². The Morgan fingerprint density at radius 3 is 2.06 bits per heavy atom. The Bertz CT molecular complexity index is 2030. The second-order valence-corrected chi connectivity index (χ2v) is 31.0. The lowest BCUT2D eigenvalue weighted by Gasteiger charge is -2.41. The fraction of sp³-hybridized carbons (Fsp3) is 0.543. The Morgan fingerprint density at radius 1 is 0.859 bits per heavy atom. The highest BCUT2D eigenvalue weighted by Crippen LogP contribution is 2.41. The predicted molar refractivity (Wildman–Crippen MR) is 249 cm³/mol. The van der Waals surface area contributed by atoms with Gasteiger partial charge in [-0.3, -0.25) is 19.3 Å². The summed E-state index contributed by atoms with van der Waals surface area (Å²) in [6.07, 6.45) is 0.524. The van der Waals surface area contributed by atoms with Crippen LogP contribution in [0.2, 0.25) is 51.4 Å². The Kier molecular flexibility index (Phi) is 19.9. The van der Waals surface area contributed by atoms with Gasteiger partial charge in [0.25, 0.3) is 0 Å². The van der Waals surface area contributed by atoms with Crippen molar-refractivity contribution >= 4 is 45.9 Å². The van der Waals surface area contributed by atoms with Gasteiger partial charge in [0.15, 0.2) is 0 Å². The summed E-state index contributed by atoms with van der Waals surface area (Å²) in [5, 5.41) is 13.0. The van der Waals surface area contributed by atoms with Gasteiger partial charge < -0.3 is 40.8 Å². The number of carbonyl (C=O) groups excluding carboxylic acids is 5. The second-order valence-electron chi connectivity index (χ2n) is 19.7. The number of nitrogens with zero attached hydrogens (tertiary/aromatic N) is 3. The van der Waals surface area contributed by atoms with Crippen LogP contribution in [0.1, 0.15) is 57.3 Å². The Labute approximate surface area is 379 Å². The summed E-state index contributed by atoms with van der Waals surface area (Å²) < 4.78 is 42.7. The summed E-state index contributed by atoms with van der Waals surface area (Å²) in [5.74, 6) is -3.88. The molecule has 4 amide bonds. The van der Waals surface area contributed by atoms with Crippen molar-refractivity contribution in [2.24, 2.45) is 16.9 Å². The summed E-state index contributed by atoms with van der Waals surface area (Å²) in [4.78, 5) is 68.8. The zero-order valence-electron chi connectivity index (χ0n) is 39.0. The molecule has 64 heavy (non-hydrogen) atoms. The van der Waals surface area contributed by atoms with Crippen molar-refractivity contribution in [3.63, 3.8) is 0 Å². The van der Waals surface area contributed by atoms with Crippen molar-refractivity contribution in [3.8, 4) is 11.1 Å². The van der Waals surface area contributed by atoms with Crippen LogP contribution in [0.15, 0.2) is 60.8 Å². The molecule has 18 heteroatoms. The number of rotatable bonds is 24. The smallest absolute Gasteiger partial charge is 0.410 e. The van der Waals surface area contributed by atoms with E-state index < -0.39 is 87.7 Å². The van der Waals surface area contributed by atoms with Gasteiger partial charge in [0.1, 0.15) is 24.3 Å². The van der Waals surface area contributed by atoms with Gasteiger partial charge in [-0.25, -0.2) is 18.4 Å². The highest BCUT2D eigenvalue weighted by Gasteiger charge is 2.38. The van der Waals surface area contributed by atoms with E-state index in [1.54, 1.807) is 12.3 Å². The lowest BCUT2D eigenvalue weighted by atomic mass is 9.82. The number of primary amides is 1. The summed E-state index contributed by atoms with van der Waals surface area (Å²) in [6.45, 7) is 17.8. The molecule has 0 saturated heterocycles. The van der Waals surface area contributed by atoms with E-state index in [2.05, 4.69) is 44.6 Å². The first-order chi connectivity index (χ1) is 29.8. The topological polar surface area (TPSA) is 200 Å². The molecule has 0 saturated carbocycles. The van der Waals surface area contributed by atoms with Crippen molar-refractivity contribution in [3.05, 3.63) is 83.7 Å². The minimum atomic E-state index is -1.61. The molecule has 3 atom stereocenters. The molecule has 14 nitrogen and oxygen atoms in total. The lowest BCUT2D eigenvalue weighted by molar-refractivity contribution is -0.149. The quantitative estimate of drug-likeness (QED) is 0.0571. The van der Waals surface area contributed by atoms with E-state index >= 15 is 4.39 Å². The van der Waals surface area contributed by atoms with E-state index in [1.165, 1.54) is 4.90 Å². The Morgan fingerprint density at radius 2 is 1.48 bits per heavy atom. The molecule has 0 bridgehead atoms. The van der Waals surface area contributed by atoms with Gasteiger partial charge in [-0.1, -0.05) is 90.4 Å². The fourth-order valence-corrected chi connectivity index (χ4v) is 8.50. The van der Waals surface area contributed by atoms with Crippen LogP contribution in [0.3, 0.4) is 0 Å². The fourth-order valence-electron chi connectivity index (χ4n) is 7.08. The van der Waals surface area contributed by atoms with E-state index in [0.717, 1.165) is 28.7 Å². The number of halogens is 2. The third kappa shape index (κ3) is 17.2. The maximum Gasteiger partial charge on any atom is 0.410 e. The van der Waals surface area contributed by atoms with Crippen molar-refractivity contribution in [1.82, 2.24) is 19.7 Å². The van der Waals surface area contributed by atoms with Gasteiger partial charge in [0, 0.05) is 71.8 Å². The molecular formula is C46H70F2N6O8Si2. The number of esters is 1. The number of aromatic nitrogens is 1. The lowest BCUT2D eigenvalue weighted by Crippen LogP contribution is -2.51. The summed E-state index contributed by atoms with van der Waals surface area (Å²) in [5.41, 5.74) is 13.1. The zero-order chi connectivity index (χ0) is 48.0. The van der Waals surface area contributed by atoms with E-state index in [1.807, 2.05) is 55.7 Å². The van der Waals surface area contributed by atoms with Gasteiger partial charge in [0.05, 0.1) is 25.3 Å². The van der Waals surface area contributed by atoms with E-state index in [9.17, 15) is 33.5 Å². The number of carbonyl (C=O) groups is 5. The molecule has 354 valence electrons. The molecule has 0 aliphatic heterocycles. The Hall–Kier alpha value is -4.92. The molecule has 0 aliphatic carbocycles. The molecule has 0 fully saturated rings. The first kappa shape index (κ1) is 53.4. The van der Waals surface area contributed by atoms with Crippen LogP contribution in [0.4, 0.5) is 13.6 Å². The van der Waals surface area contributed by atoms with Gasteiger partial charge in [0.2, 0.25) is 17.7 Å². The number of nitrogens with two attached hydrogens (primary N) is 2. The number of amides is 4. The van der Waals surface area contributed by atoms with Crippen LogP contribution in [0, 0.1) is 17.0 Å². The molecule has 0 spiro atoms. The third-order valence-corrected chi connectivity index (χ3v) is 14.0. The molecular weight excluding hydrogens is 859 g/mol. The maximum absolute atomic E-state index is 15.2. The van der Waals surface area contributed by atoms with Gasteiger partial charge in [-0.15, -0.1) is 0 Å². The average molecular weight is 929 g/mol. The normalized spacial score (nSPS) is 13.4. The molecule has 1 aromatic heterocycles. The molecule has 3 rings (SSSR count). The van der Waals surface area contributed by atoms with Crippen LogP contribution in [-0.2, 0) is 35.2 Å². The number of nitrogens with one attached hydrogen (secondary N) is 1. The highest BCUT2D eigenvalue weighted by molar-refractivity contribution is 6.76. The first-order valence-corrected chi connectivity index (χ1v) is 29.2. The summed E-state index contributed by atoms with van der Waals surface area (Å²) >= 11 is 0. The molecule has 0 aliphatic rings. The van der Waals surface area contributed by atoms with Crippen molar-refractivity contribution in [2.45, 2.75) is 116 Å². The van der Waals surface area contributed by atoms with E-state index in [-0.39, 0.29) is 57.7 Å². The van der Waals surface area contributed by atoms with Crippen LogP contribution >= 0.6 is 0 Å². The molecule has 3 aromatic rings. The predicted octanol–water partition coefficient (Wildman–Crippen LogP) is 6.52. The highest BCUT2D eigenvalue weighted by atomic mass is 28.3. The minimum absolute atomic E-state index is 0.0379. The zero-order valence-corrected chi connectivity index (χ0v) is 41.0. The molecule has 6 N–H and O–H groups in total.